The first-order valence-electron chi connectivity index (χ1n) is 5.25. The van der Waals surface area contributed by atoms with E-state index < -0.39 is 17.2 Å². The molecular formula is C12H15BrFNO2. The van der Waals surface area contributed by atoms with E-state index in [9.17, 15) is 14.3 Å². The average Bonchev–Trinajstić information content (AvgIpc) is 2.29. The quantitative estimate of drug-likeness (QED) is 0.879. The van der Waals surface area contributed by atoms with Crippen LogP contribution in [0.25, 0.3) is 0 Å². The molecule has 0 radical (unpaired) electrons. The number of hydrogen-bond acceptors (Lipinski definition) is 2. The largest absolute Gasteiger partial charge is 0.481 e. The van der Waals surface area contributed by atoms with Crippen LogP contribution in [0, 0.1) is 5.82 Å². The van der Waals surface area contributed by atoms with Crippen LogP contribution in [0.3, 0.4) is 0 Å². The zero-order valence-electron chi connectivity index (χ0n) is 9.76. The van der Waals surface area contributed by atoms with E-state index in [0.717, 1.165) is 0 Å². The van der Waals surface area contributed by atoms with Crippen molar-refractivity contribution in [2.24, 2.45) is 0 Å². The number of aliphatic carboxylic acids is 1. The van der Waals surface area contributed by atoms with Crippen molar-refractivity contribution in [2.45, 2.75) is 18.8 Å². The Morgan fingerprint density at radius 2 is 2.24 bits per heavy atom. The van der Waals surface area contributed by atoms with Gasteiger partial charge < -0.3 is 10.4 Å². The van der Waals surface area contributed by atoms with Crippen molar-refractivity contribution in [1.29, 1.82) is 0 Å². The Labute approximate surface area is 108 Å². The molecule has 0 fully saturated rings. The Morgan fingerprint density at radius 3 is 2.76 bits per heavy atom. The fourth-order valence-corrected chi connectivity index (χ4v) is 2.01. The number of carboxylic acid groups (broad SMARTS) is 1. The number of halogens is 2. The van der Waals surface area contributed by atoms with Gasteiger partial charge in [0, 0.05) is 10.0 Å². The van der Waals surface area contributed by atoms with Crippen LogP contribution in [0.2, 0.25) is 0 Å². The number of carboxylic acids is 1. The Morgan fingerprint density at radius 1 is 1.59 bits per heavy atom. The van der Waals surface area contributed by atoms with Gasteiger partial charge >= 0.3 is 5.97 Å². The SMILES string of the molecule is CNCCC(C)(C(=O)O)c1cc(Br)ccc1F. The maximum absolute atomic E-state index is 13.7. The molecular weight excluding hydrogens is 289 g/mol. The third-order valence-corrected chi connectivity index (χ3v) is 3.36. The van der Waals surface area contributed by atoms with Crippen LogP contribution in [0.15, 0.2) is 22.7 Å². The van der Waals surface area contributed by atoms with Crippen molar-refractivity contribution in [1.82, 2.24) is 5.32 Å². The molecule has 0 aliphatic rings. The molecule has 0 aromatic heterocycles. The van der Waals surface area contributed by atoms with Gasteiger partial charge in [0.05, 0.1) is 5.41 Å². The minimum Gasteiger partial charge on any atom is -0.481 e. The van der Waals surface area contributed by atoms with Crippen LogP contribution in [-0.2, 0) is 10.2 Å². The molecule has 17 heavy (non-hydrogen) atoms. The third-order valence-electron chi connectivity index (χ3n) is 2.87. The fraction of sp³-hybridized carbons (Fsp3) is 0.417. The first-order valence-corrected chi connectivity index (χ1v) is 6.04. The molecule has 2 N–H and O–H groups in total. The van der Waals surface area contributed by atoms with Crippen molar-refractivity contribution in [3.63, 3.8) is 0 Å². The Kier molecular flexibility index (Phi) is 4.65. The predicted octanol–water partition coefficient (Wildman–Crippen LogP) is 2.54. The maximum atomic E-state index is 13.7. The molecule has 0 aliphatic carbocycles. The highest BCUT2D eigenvalue weighted by Crippen LogP contribution is 2.31. The van der Waals surface area contributed by atoms with E-state index in [1.165, 1.54) is 19.1 Å². The van der Waals surface area contributed by atoms with Gasteiger partial charge in [0.2, 0.25) is 0 Å². The topological polar surface area (TPSA) is 49.3 Å². The van der Waals surface area contributed by atoms with E-state index in [2.05, 4.69) is 21.2 Å². The molecule has 0 amide bonds. The number of nitrogens with one attached hydrogen (secondary N) is 1. The molecule has 0 spiro atoms. The van der Waals surface area contributed by atoms with Crippen molar-refractivity contribution in [2.75, 3.05) is 13.6 Å². The summed E-state index contributed by atoms with van der Waals surface area (Å²) in [6.07, 6.45) is 0.326. The highest BCUT2D eigenvalue weighted by molar-refractivity contribution is 9.10. The van der Waals surface area contributed by atoms with Crippen LogP contribution >= 0.6 is 15.9 Å². The molecule has 0 saturated heterocycles. The zero-order valence-corrected chi connectivity index (χ0v) is 11.3. The lowest BCUT2D eigenvalue weighted by Crippen LogP contribution is -2.36. The number of carbonyl (C=O) groups is 1. The summed E-state index contributed by atoms with van der Waals surface area (Å²) in [6, 6.07) is 4.36. The molecule has 0 bridgehead atoms. The molecule has 1 unspecified atom stereocenters. The Hall–Kier alpha value is -0.940. The monoisotopic (exact) mass is 303 g/mol. The lowest BCUT2D eigenvalue weighted by Gasteiger charge is -2.26. The normalized spacial score (nSPS) is 14.4. The van der Waals surface area contributed by atoms with E-state index >= 15 is 0 Å². The zero-order chi connectivity index (χ0) is 13.1. The first-order chi connectivity index (χ1) is 7.91. The highest BCUT2D eigenvalue weighted by Gasteiger charge is 2.37. The number of benzene rings is 1. The molecule has 0 heterocycles. The molecule has 5 heteroatoms. The summed E-state index contributed by atoms with van der Waals surface area (Å²) in [5, 5.41) is 12.2. The van der Waals surface area contributed by atoms with Crippen molar-refractivity contribution in [3.8, 4) is 0 Å². The molecule has 1 aromatic carbocycles. The molecule has 1 atom stereocenters. The molecule has 94 valence electrons. The van der Waals surface area contributed by atoms with Crippen LogP contribution in [0.5, 0.6) is 0 Å². The molecule has 1 rings (SSSR count). The molecule has 0 aliphatic heterocycles. The van der Waals surface area contributed by atoms with Gasteiger partial charge in [-0.1, -0.05) is 15.9 Å². The summed E-state index contributed by atoms with van der Waals surface area (Å²) in [5.74, 6) is -1.51. The van der Waals surface area contributed by atoms with Crippen molar-refractivity contribution in [3.05, 3.63) is 34.1 Å². The van der Waals surface area contributed by atoms with E-state index in [-0.39, 0.29) is 5.56 Å². The van der Waals surface area contributed by atoms with E-state index in [1.807, 2.05) is 0 Å². The van der Waals surface area contributed by atoms with Gasteiger partial charge in [-0.25, -0.2) is 4.39 Å². The lowest BCUT2D eigenvalue weighted by atomic mass is 9.79. The molecule has 3 nitrogen and oxygen atoms in total. The van der Waals surface area contributed by atoms with E-state index in [0.29, 0.717) is 17.4 Å². The second-order valence-corrected chi connectivity index (χ2v) is 5.03. The van der Waals surface area contributed by atoms with Crippen LogP contribution < -0.4 is 5.32 Å². The van der Waals surface area contributed by atoms with Crippen LogP contribution in [0.1, 0.15) is 18.9 Å². The summed E-state index contributed by atoms with van der Waals surface area (Å²) in [5.41, 5.74) is -1.02. The van der Waals surface area contributed by atoms with Gasteiger partial charge in [0.25, 0.3) is 0 Å². The van der Waals surface area contributed by atoms with Crippen molar-refractivity contribution >= 4 is 21.9 Å². The summed E-state index contributed by atoms with van der Waals surface area (Å²) >= 11 is 3.23. The van der Waals surface area contributed by atoms with Gasteiger partial charge in [0.15, 0.2) is 0 Å². The van der Waals surface area contributed by atoms with Gasteiger partial charge in [-0.05, 0) is 45.1 Å². The molecule has 0 saturated carbocycles. The third kappa shape index (κ3) is 3.04. The smallest absolute Gasteiger partial charge is 0.313 e. The summed E-state index contributed by atoms with van der Waals surface area (Å²) in [4.78, 5) is 11.4. The minimum absolute atomic E-state index is 0.203. The molecule has 1 aromatic rings. The van der Waals surface area contributed by atoms with E-state index in [1.54, 1.807) is 13.1 Å². The second-order valence-electron chi connectivity index (χ2n) is 4.11. The average molecular weight is 304 g/mol. The predicted molar refractivity (Wildman–Crippen MR) is 67.6 cm³/mol. The standard InChI is InChI=1S/C12H15BrFNO2/c1-12(11(16)17,5-6-15-2)9-7-8(13)3-4-10(9)14/h3-4,7,15H,5-6H2,1-2H3,(H,16,17). The summed E-state index contributed by atoms with van der Waals surface area (Å²) < 4.78 is 14.4. The number of hydrogen-bond donors (Lipinski definition) is 2. The lowest BCUT2D eigenvalue weighted by molar-refractivity contribution is -0.143. The minimum atomic E-state index is -1.23. The number of rotatable bonds is 5. The van der Waals surface area contributed by atoms with Crippen LogP contribution in [0.4, 0.5) is 4.39 Å². The highest BCUT2D eigenvalue weighted by atomic mass is 79.9. The maximum Gasteiger partial charge on any atom is 0.313 e. The summed E-state index contributed by atoms with van der Waals surface area (Å²) in [7, 11) is 1.74. The summed E-state index contributed by atoms with van der Waals surface area (Å²) in [6.45, 7) is 2.05. The van der Waals surface area contributed by atoms with Crippen LogP contribution in [-0.4, -0.2) is 24.7 Å². The van der Waals surface area contributed by atoms with Gasteiger partial charge in [-0.3, -0.25) is 4.79 Å². The fourth-order valence-electron chi connectivity index (χ4n) is 1.65. The van der Waals surface area contributed by atoms with Crippen molar-refractivity contribution < 1.29 is 14.3 Å². The van der Waals surface area contributed by atoms with Gasteiger partial charge in [-0.15, -0.1) is 0 Å². The first kappa shape index (κ1) is 14.1. The van der Waals surface area contributed by atoms with Gasteiger partial charge in [0.1, 0.15) is 5.82 Å². The second kappa shape index (κ2) is 5.60. The Bertz CT molecular complexity index is 425. The van der Waals surface area contributed by atoms with Gasteiger partial charge in [-0.2, -0.15) is 0 Å². The van der Waals surface area contributed by atoms with E-state index in [4.69, 9.17) is 0 Å². The Balaban J connectivity index is 3.21.